The van der Waals surface area contributed by atoms with E-state index in [2.05, 4.69) is 4.72 Å². The zero-order valence-corrected chi connectivity index (χ0v) is 20.2. The molecule has 0 bridgehead atoms. The van der Waals surface area contributed by atoms with E-state index in [0.29, 0.717) is 24.2 Å². The number of nitrogens with one attached hydrogen (secondary N) is 1. The molecule has 3 rings (SSSR count). The number of hydrogen-bond donors (Lipinski definition) is 2. The van der Waals surface area contributed by atoms with Gasteiger partial charge in [0.15, 0.2) is 6.61 Å². The molecular weight excluding hydrogens is 468 g/mol. The highest BCUT2D eigenvalue weighted by molar-refractivity contribution is 7.92. The molecule has 1 saturated heterocycles. The van der Waals surface area contributed by atoms with Crippen molar-refractivity contribution in [3.05, 3.63) is 47.5 Å². The Hall–Kier alpha value is -2.63. The van der Waals surface area contributed by atoms with Gasteiger partial charge in [-0.3, -0.25) is 4.72 Å². The van der Waals surface area contributed by atoms with Crippen LogP contribution in [0, 0.1) is 13.8 Å². The molecule has 2 N–H and O–H groups in total. The largest absolute Gasteiger partial charge is 0.482 e. The highest BCUT2D eigenvalue weighted by Gasteiger charge is 2.27. The van der Waals surface area contributed by atoms with Crippen molar-refractivity contribution >= 4 is 31.7 Å². The highest BCUT2D eigenvalue weighted by atomic mass is 32.2. The van der Waals surface area contributed by atoms with Crippen LogP contribution in [0.25, 0.3) is 0 Å². The molecule has 0 saturated carbocycles. The summed E-state index contributed by atoms with van der Waals surface area (Å²) in [6.45, 7) is 3.65. The maximum Gasteiger partial charge on any atom is 0.341 e. The molecule has 1 fully saturated rings. The van der Waals surface area contributed by atoms with Gasteiger partial charge in [0.2, 0.25) is 10.0 Å². The second-order valence-electron chi connectivity index (χ2n) is 8.01. The fourth-order valence-corrected chi connectivity index (χ4v) is 6.57. The van der Waals surface area contributed by atoms with Gasteiger partial charge in [-0.25, -0.2) is 21.6 Å². The van der Waals surface area contributed by atoms with Crippen LogP contribution in [0.3, 0.4) is 0 Å². The van der Waals surface area contributed by atoms with Crippen LogP contribution in [-0.2, 0) is 24.8 Å². The predicted octanol–water partition coefficient (Wildman–Crippen LogP) is 3.13. The third-order valence-corrected chi connectivity index (χ3v) is 8.85. The SMILES string of the molecule is Cc1cc(S(=O)(=O)Nc2ccc(C)c(S(=O)(=O)N3CCCCCC3)c2)ccc1OCC(=O)O. The number of sulfonamides is 2. The molecule has 2 aromatic rings. The van der Waals surface area contributed by atoms with Crippen LogP contribution >= 0.6 is 0 Å². The van der Waals surface area contributed by atoms with E-state index in [0.717, 1.165) is 25.7 Å². The lowest BCUT2D eigenvalue weighted by Gasteiger charge is -2.21. The van der Waals surface area contributed by atoms with Crippen LogP contribution in [0.1, 0.15) is 36.8 Å². The molecule has 180 valence electrons. The number of benzene rings is 2. The first-order chi connectivity index (χ1) is 15.5. The van der Waals surface area contributed by atoms with Gasteiger partial charge in [0.1, 0.15) is 5.75 Å². The monoisotopic (exact) mass is 496 g/mol. The molecule has 0 unspecified atom stereocenters. The number of ether oxygens (including phenoxy) is 1. The minimum Gasteiger partial charge on any atom is -0.482 e. The Balaban J connectivity index is 1.86. The molecule has 33 heavy (non-hydrogen) atoms. The summed E-state index contributed by atoms with van der Waals surface area (Å²) in [6, 6.07) is 8.50. The Labute approximate surface area is 194 Å². The van der Waals surface area contributed by atoms with E-state index in [4.69, 9.17) is 9.84 Å². The number of aryl methyl sites for hydroxylation is 2. The molecule has 0 radical (unpaired) electrons. The van der Waals surface area contributed by atoms with Gasteiger partial charge in [-0.1, -0.05) is 18.9 Å². The Bertz CT molecular complexity index is 1230. The number of anilines is 1. The Kier molecular flexibility index (Phi) is 7.65. The van der Waals surface area contributed by atoms with Crippen LogP contribution in [0.4, 0.5) is 5.69 Å². The minimum absolute atomic E-state index is 0.0554. The molecule has 11 heteroatoms. The van der Waals surface area contributed by atoms with Crippen LogP contribution in [0.2, 0.25) is 0 Å². The lowest BCUT2D eigenvalue weighted by Crippen LogP contribution is -2.32. The second-order valence-corrected chi connectivity index (χ2v) is 11.6. The first-order valence-corrected chi connectivity index (χ1v) is 13.5. The van der Waals surface area contributed by atoms with Gasteiger partial charge in [0.05, 0.1) is 15.5 Å². The van der Waals surface area contributed by atoms with E-state index in [1.807, 2.05) is 0 Å². The molecule has 0 spiro atoms. The molecule has 0 aliphatic carbocycles. The van der Waals surface area contributed by atoms with Crippen molar-refractivity contribution < 1.29 is 31.5 Å². The van der Waals surface area contributed by atoms with Crippen LogP contribution in [0.15, 0.2) is 46.2 Å². The van der Waals surface area contributed by atoms with E-state index in [1.165, 1.54) is 34.6 Å². The summed E-state index contributed by atoms with van der Waals surface area (Å²) >= 11 is 0. The van der Waals surface area contributed by atoms with Gasteiger partial charge < -0.3 is 9.84 Å². The van der Waals surface area contributed by atoms with Crippen molar-refractivity contribution in [1.29, 1.82) is 0 Å². The molecule has 1 aliphatic heterocycles. The third-order valence-electron chi connectivity index (χ3n) is 5.43. The Morgan fingerprint density at radius 3 is 2.24 bits per heavy atom. The summed E-state index contributed by atoms with van der Waals surface area (Å²) in [6.07, 6.45) is 3.58. The van der Waals surface area contributed by atoms with Gasteiger partial charge in [-0.2, -0.15) is 4.31 Å². The topological polar surface area (TPSA) is 130 Å². The third kappa shape index (κ3) is 6.04. The summed E-state index contributed by atoms with van der Waals surface area (Å²) in [5.74, 6) is -0.879. The number of hydrogen-bond acceptors (Lipinski definition) is 6. The van der Waals surface area contributed by atoms with Crippen molar-refractivity contribution in [2.24, 2.45) is 0 Å². The van der Waals surface area contributed by atoms with Gasteiger partial charge in [0.25, 0.3) is 10.0 Å². The number of aliphatic carboxylic acids is 1. The summed E-state index contributed by atoms with van der Waals surface area (Å²) in [5, 5.41) is 8.73. The van der Waals surface area contributed by atoms with E-state index >= 15 is 0 Å². The lowest BCUT2D eigenvalue weighted by molar-refractivity contribution is -0.139. The number of rotatable bonds is 8. The van der Waals surface area contributed by atoms with Gasteiger partial charge >= 0.3 is 5.97 Å². The average molecular weight is 497 g/mol. The predicted molar refractivity (Wildman–Crippen MR) is 124 cm³/mol. The number of carboxylic acid groups (broad SMARTS) is 1. The van der Waals surface area contributed by atoms with Gasteiger partial charge in [-0.15, -0.1) is 0 Å². The molecule has 0 atom stereocenters. The van der Waals surface area contributed by atoms with Crippen LogP contribution in [-0.4, -0.2) is 51.9 Å². The molecule has 9 nitrogen and oxygen atoms in total. The number of nitrogens with zero attached hydrogens (tertiary/aromatic N) is 1. The van der Waals surface area contributed by atoms with Crippen LogP contribution < -0.4 is 9.46 Å². The summed E-state index contributed by atoms with van der Waals surface area (Å²) in [5.41, 5.74) is 1.13. The number of carbonyl (C=O) groups is 1. The summed E-state index contributed by atoms with van der Waals surface area (Å²) < 4.78 is 61.3. The molecule has 0 amide bonds. The fraction of sp³-hybridized carbons (Fsp3) is 0.409. The molecular formula is C22H28N2O7S2. The zero-order chi connectivity index (χ0) is 24.2. The van der Waals surface area contributed by atoms with Crippen molar-refractivity contribution in [2.45, 2.75) is 49.3 Å². The first-order valence-electron chi connectivity index (χ1n) is 10.6. The standard InChI is InChI=1S/C22H28N2O7S2/c1-16-7-8-18(14-21(16)33(29,30)24-11-5-3-4-6-12-24)23-32(27,28)19-9-10-20(17(2)13-19)31-15-22(25)26/h7-10,13-14,23H,3-6,11-12,15H2,1-2H3,(H,25,26). The zero-order valence-electron chi connectivity index (χ0n) is 18.6. The Morgan fingerprint density at radius 2 is 1.64 bits per heavy atom. The van der Waals surface area contributed by atoms with Crippen molar-refractivity contribution in [3.63, 3.8) is 0 Å². The minimum atomic E-state index is -4.02. The van der Waals surface area contributed by atoms with E-state index in [9.17, 15) is 21.6 Å². The highest BCUT2D eigenvalue weighted by Crippen LogP contribution is 2.28. The van der Waals surface area contributed by atoms with Gasteiger partial charge in [0, 0.05) is 13.1 Å². The molecule has 1 heterocycles. The average Bonchev–Trinajstić information content (AvgIpc) is 3.04. The van der Waals surface area contributed by atoms with Crippen molar-refractivity contribution in [1.82, 2.24) is 4.31 Å². The van der Waals surface area contributed by atoms with Crippen LogP contribution in [0.5, 0.6) is 5.75 Å². The van der Waals surface area contributed by atoms with Crippen molar-refractivity contribution in [3.8, 4) is 5.75 Å². The number of carboxylic acids is 1. The molecule has 2 aromatic carbocycles. The summed E-state index contributed by atoms with van der Waals surface area (Å²) in [7, 11) is -7.77. The smallest absolute Gasteiger partial charge is 0.341 e. The quantitative estimate of drug-likeness (QED) is 0.574. The molecule has 1 aliphatic rings. The first kappa shape index (κ1) is 25.0. The second kappa shape index (κ2) is 10.1. The van der Waals surface area contributed by atoms with E-state index < -0.39 is 32.6 Å². The summed E-state index contributed by atoms with van der Waals surface area (Å²) in [4.78, 5) is 10.7. The van der Waals surface area contributed by atoms with E-state index in [-0.39, 0.29) is 21.2 Å². The van der Waals surface area contributed by atoms with Crippen molar-refractivity contribution in [2.75, 3.05) is 24.4 Å². The maximum absolute atomic E-state index is 13.2. The fourth-order valence-electron chi connectivity index (χ4n) is 3.67. The van der Waals surface area contributed by atoms with E-state index in [1.54, 1.807) is 19.9 Å². The Morgan fingerprint density at radius 1 is 0.970 bits per heavy atom. The molecule has 0 aromatic heterocycles. The maximum atomic E-state index is 13.2. The lowest BCUT2D eigenvalue weighted by atomic mass is 10.2. The van der Waals surface area contributed by atoms with Gasteiger partial charge in [-0.05, 0) is 68.1 Å². The normalized spacial score (nSPS) is 15.6.